The van der Waals surface area contributed by atoms with Gasteiger partial charge in [-0.15, -0.1) is 0 Å². The molecule has 0 radical (unpaired) electrons. The van der Waals surface area contributed by atoms with Gasteiger partial charge in [-0.25, -0.2) is 4.85 Å². The van der Waals surface area contributed by atoms with E-state index in [4.69, 9.17) is 6.57 Å². The standard InChI is InChI=1S/C19H18N2/c1-13-6-8-16(10-15(13)12-20)19(3,4)17-9-7-14(2)18(11-17)21-5/h6-11H,1-4H3. The molecule has 2 heteroatoms. The van der Waals surface area contributed by atoms with Crippen LogP contribution in [0.5, 0.6) is 0 Å². The number of hydrogen-bond acceptors (Lipinski definition) is 1. The summed E-state index contributed by atoms with van der Waals surface area (Å²) in [5.74, 6) is 0. The lowest BCUT2D eigenvalue weighted by Crippen LogP contribution is -2.19. The zero-order chi connectivity index (χ0) is 15.6. The molecule has 0 heterocycles. The summed E-state index contributed by atoms with van der Waals surface area (Å²) < 4.78 is 0. The third-order valence-corrected chi connectivity index (χ3v) is 4.13. The van der Waals surface area contributed by atoms with E-state index in [0.29, 0.717) is 11.3 Å². The van der Waals surface area contributed by atoms with Crippen LogP contribution in [0.1, 0.15) is 41.7 Å². The summed E-state index contributed by atoms with van der Waals surface area (Å²) in [5, 5.41) is 9.21. The molecule has 0 amide bonds. The number of rotatable bonds is 2. The molecule has 0 saturated heterocycles. The van der Waals surface area contributed by atoms with Crippen LogP contribution in [-0.2, 0) is 5.41 Å². The molecule has 0 atom stereocenters. The second-order valence-electron chi connectivity index (χ2n) is 5.88. The Kier molecular flexibility index (Phi) is 3.83. The van der Waals surface area contributed by atoms with Crippen LogP contribution >= 0.6 is 0 Å². The number of nitriles is 1. The molecule has 0 fully saturated rings. The molecule has 0 bridgehead atoms. The van der Waals surface area contributed by atoms with Crippen molar-refractivity contribution in [3.05, 3.63) is 75.6 Å². The van der Waals surface area contributed by atoms with E-state index in [1.54, 1.807) is 0 Å². The molecule has 2 aromatic carbocycles. The molecule has 21 heavy (non-hydrogen) atoms. The highest BCUT2D eigenvalue weighted by molar-refractivity contribution is 5.56. The summed E-state index contributed by atoms with van der Waals surface area (Å²) in [5.41, 5.74) is 5.31. The molecular weight excluding hydrogens is 256 g/mol. The van der Waals surface area contributed by atoms with Crippen LogP contribution in [-0.4, -0.2) is 0 Å². The molecule has 0 spiro atoms. The summed E-state index contributed by atoms with van der Waals surface area (Å²) in [6.07, 6.45) is 0. The number of benzene rings is 2. The highest BCUT2D eigenvalue weighted by Gasteiger charge is 2.24. The van der Waals surface area contributed by atoms with Gasteiger partial charge < -0.3 is 0 Å². The van der Waals surface area contributed by atoms with Crippen molar-refractivity contribution in [1.82, 2.24) is 0 Å². The highest BCUT2D eigenvalue weighted by Crippen LogP contribution is 2.35. The van der Waals surface area contributed by atoms with Crippen molar-refractivity contribution in [2.45, 2.75) is 33.1 Å². The Hall–Kier alpha value is -2.58. The van der Waals surface area contributed by atoms with E-state index < -0.39 is 0 Å². The summed E-state index contributed by atoms with van der Waals surface area (Å²) in [6.45, 7) is 15.4. The van der Waals surface area contributed by atoms with Gasteiger partial charge in [-0.3, -0.25) is 0 Å². The van der Waals surface area contributed by atoms with Gasteiger partial charge in [-0.1, -0.05) is 44.2 Å². The third-order valence-electron chi connectivity index (χ3n) is 4.13. The Bertz CT molecular complexity index is 706. The third kappa shape index (κ3) is 2.67. The fourth-order valence-electron chi connectivity index (χ4n) is 2.42. The first kappa shape index (κ1) is 14.8. The van der Waals surface area contributed by atoms with Crippen molar-refractivity contribution in [2.24, 2.45) is 0 Å². The molecule has 0 aliphatic rings. The van der Waals surface area contributed by atoms with Gasteiger partial charge in [-0.2, -0.15) is 5.26 Å². The molecule has 0 N–H and O–H groups in total. The van der Waals surface area contributed by atoms with Gasteiger partial charge in [0.05, 0.1) is 18.2 Å². The molecular formula is C19H18N2. The summed E-state index contributed by atoms with van der Waals surface area (Å²) in [4.78, 5) is 3.58. The quantitative estimate of drug-likeness (QED) is 0.704. The van der Waals surface area contributed by atoms with Gasteiger partial charge in [0.15, 0.2) is 5.69 Å². The van der Waals surface area contributed by atoms with Gasteiger partial charge in [0, 0.05) is 5.41 Å². The molecule has 2 aromatic rings. The molecule has 0 unspecified atom stereocenters. The SMILES string of the molecule is [C-]#[N+]c1cc(C(C)(C)c2ccc(C)c(C#N)c2)ccc1C. The fourth-order valence-corrected chi connectivity index (χ4v) is 2.42. The van der Waals surface area contributed by atoms with Crippen molar-refractivity contribution >= 4 is 5.69 Å². The van der Waals surface area contributed by atoms with E-state index in [1.807, 2.05) is 38.1 Å². The van der Waals surface area contributed by atoms with Crippen molar-refractivity contribution < 1.29 is 0 Å². The van der Waals surface area contributed by atoms with Crippen LogP contribution in [0.2, 0.25) is 0 Å². The Balaban J connectivity index is 2.57. The van der Waals surface area contributed by atoms with Gasteiger partial charge in [-0.05, 0) is 42.2 Å². The maximum Gasteiger partial charge on any atom is 0.190 e. The van der Waals surface area contributed by atoms with Crippen LogP contribution in [0, 0.1) is 31.8 Å². The second-order valence-corrected chi connectivity index (χ2v) is 5.88. The molecule has 2 nitrogen and oxygen atoms in total. The smallest absolute Gasteiger partial charge is 0.190 e. The van der Waals surface area contributed by atoms with Crippen molar-refractivity contribution in [3.8, 4) is 6.07 Å². The number of nitrogens with zero attached hydrogens (tertiary/aromatic N) is 2. The summed E-state index contributed by atoms with van der Waals surface area (Å²) in [7, 11) is 0. The summed E-state index contributed by atoms with van der Waals surface area (Å²) >= 11 is 0. The zero-order valence-corrected chi connectivity index (χ0v) is 12.9. The first-order valence-corrected chi connectivity index (χ1v) is 6.90. The molecule has 0 aliphatic heterocycles. The summed E-state index contributed by atoms with van der Waals surface area (Å²) in [6, 6.07) is 14.3. The minimum atomic E-state index is -0.244. The monoisotopic (exact) mass is 274 g/mol. The first-order chi connectivity index (χ1) is 9.90. The topological polar surface area (TPSA) is 28.1 Å². The van der Waals surface area contributed by atoms with E-state index in [-0.39, 0.29) is 5.41 Å². The van der Waals surface area contributed by atoms with Gasteiger partial charge in [0.1, 0.15) is 0 Å². The van der Waals surface area contributed by atoms with Crippen LogP contribution in [0.15, 0.2) is 36.4 Å². The Morgan fingerprint density at radius 1 is 1.00 bits per heavy atom. The van der Waals surface area contributed by atoms with Crippen LogP contribution in [0.4, 0.5) is 5.69 Å². The van der Waals surface area contributed by atoms with E-state index in [1.165, 1.54) is 0 Å². The predicted octanol–water partition coefficient (Wildman–Crippen LogP) is 5.05. The molecule has 0 saturated carbocycles. The zero-order valence-electron chi connectivity index (χ0n) is 12.9. The molecule has 0 aliphatic carbocycles. The molecule has 104 valence electrons. The minimum absolute atomic E-state index is 0.244. The van der Waals surface area contributed by atoms with E-state index in [9.17, 15) is 5.26 Å². The minimum Gasteiger partial charge on any atom is -0.238 e. The Morgan fingerprint density at radius 3 is 2.14 bits per heavy atom. The maximum atomic E-state index is 9.21. The van der Waals surface area contributed by atoms with Crippen LogP contribution in [0.25, 0.3) is 4.85 Å². The lowest BCUT2D eigenvalue weighted by molar-refractivity contribution is 0.640. The fraction of sp³-hybridized carbons (Fsp3) is 0.263. The maximum absolute atomic E-state index is 9.21. The van der Waals surface area contributed by atoms with Crippen LogP contribution in [0.3, 0.4) is 0 Å². The highest BCUT2D eigenvalue weighted by atomic mass is 14.6. The largest absolute Gasteiger partial charge is 0.238 e. The van der Waals surface area contributed by atoms with Crippen LogP contribution < -0.4 is 0 Å². The first-order valence-electron chi connectivity index (χ1n) is 6.90. The van der Waals surface area contributed by atoms with Crippen molar-refractivity contribution in [3.63, 3.8) is 0 Å². The number of aryl methyl sites for hydroxylation is 2. The normalized spacial score (nSPS) is 10.8. The van der Waals surface area contributed by atoms with Crippen molar-refractivity contribution in [2.75, 3.05) is 0 Å². The van der Waals surface area contributed by atoms with Gasteiger partial charge in [0.25, 0.3) is 0 Å². The average molecular weight is 274 g/mol. The second kappa shape index (κ2) is 5.43. The Labute approximate surface area is 126 Å². The van der Waals surface area contributed by atoms with E-state index in [0.717, 1.165) is 22.3 Å². The Morgan fingerprint density at radius 2 is 1.57 bits per heavy atom. The predicted molar refractivity (Wildman–Crippen MR) is 85.5 cm³/mol. The van der Waals surface area contributed by atoms with Gasteiger partial charge in [0.2, 0.25) is 0 Å². The number of hydrogen-bond donors (Lipinski definition) is 0. The molecule has 0 aromatic heterocycles. The van der Waals surface area contributed by atoms with Crippen molar-refractivity contribution in [1.29, 1.82) is 5.26 Å². The average Bonchev–Trinajstić information content (AvgIpc) is 2.47. The lowest BCUT2D eigenvalue weighted by atomic mass is 9.77. The van der Waals surface area contributed by atoms with E-state index in [2.05, 4.69) is 36.9 Å². The molecule has 2 rings (SSSR count). The van der Waals surface area contributed by atoms with Gasteiger partial charge >= 0.3 is 0 Å². The lowest BCUT2D eigenvalue weighted by Gasteiger charge is -2.27. The van der Waals surface area contributed by atoms with E-state index >= 15 is 0 Å².